The Hall–Kier alpha value is -2.08. The Kier molecular flexibility index (Phi) is 8.50. The Morgan fingerprint density at radius 2 is 2.00 bits per heavy atom. The molecule has 1 aromatic rings. The zero-order valence-electron chi connectivity index (χ0n) is 18.4. The molecule has 3 atom stereocenters. The van der Waals surface area contributed by atoms with Gasteiger partial charge in [0.25, 0.3) is 5.91 Å². The van der Waals surface area contributed by atoms with Crippen molar-refractivity contribution in [2.75, 3.05) is 18.5 Å². The number of nitrogens with one attached hydrogen (secondary N) is 1. The summed E-state index contributed by atoms with van der Waals surface area (Å²) in [7, 11) is 0. The van der Waals surface area contributed by atoms with E-state index in [1.807, 2.05) is 20.8 Å². The molecule has 1 amide bonds. The van der Waals surface area contributed by atoms with Crippen LogP contribution in [0, 0.1) is 5.92 Å². The predicted molar refractivity (Wildman–Crippen MR) is 113 cm³/mol. The first-order valence-corrected chi connectivity index (χ1v) is 10.8. The molecule has 2 rings (SSSR count). The Bertz CT molecular complexity index is 701. The van der Waals surface area contributed by atoms with Crippen LogP contribution in [0.15, 0.2) is 18.2 Å². The number of benzene rings is 1. The van der Waals surface area contributed by atoms with Gasteiger partial charge in [0.05, 0.1) is 12.7 Å². The number of ether oxygens (including phenoxy) is 3. The van der Waals surface area contributed by atoms with Gasteiger partial charge in [-0.2, -0.15) is 0 Å². The molecule has 1 aliphatic rings. The summed E-state index contributed by atoms with van der Waals surface area (Å²) in [5, 5.41) is 2.96. The van der Waals surface area contributed by atoms with Crippen LogP contribution in [0.5, 0.6) is 5.75 Å². The molecule has 0 aromatic heterocycles. The Morgan fingerprint density at radius 3 is 2.62 bits per heavy atom. The van der Waals surface area contributed by atoms with Crippen molar-refractivity contribution in [2.45, 2.75) is 78.4 Å². The summed E-state index contributed by atoms with van der Waals surface area (Å²) < 4.78 is 17.0. The van der Waals surface area contributed by atoms with Gasteiger partial charge < -0.3 is 19.5 Å². The van der Waals surface area contributed by atoms with Gasteiger partial charge in [-0.15, -0.1) is 0 Å². The van der Waals surface area contributed by atoms with Crippen LogP contribution in [0.4, 0.5) is 5.69 Å². The monoisotopic (exact) mass is 405 g/mol. The van der Waals surface area contributed by atoms with Gasteiger partial charge in [-0.25, -0.2) is 4.79 Å². The molecule has 1 N–H and O–H groups in total. The van der Waals surface area contributed by atoms with E-state index in [9.17, 15) is 9.59 Å². The molecular formula is C23H35NO5. The number of carbonyl (C=O) groups is 2. The van der Waals surface area contributed by atoms with E-state index >= 15 is 0 Å². The normalized spacial score (nSPS) is 22.6. The minimum absolute atomic E-state index is 0.0337. The Labute approximate surface area is 174 Å². The van der Waals surface area contributed by atoms with Crippen LogP contribution in [-0.4, -0.2) is 36.8 Å². The van der Waals surface area contributed by atoms with Gasteiger partial charge in [-0.1, -0.05) is 20.3 Å². The first-order valence-electron chi connectivity index (χ1n) is 10.8. The van der Waals surface area contributed by atoms with E-state index < -0.39 is 11.6 Å². The second-order valence-electron chi connectivity index (χ2n) is 7.85. The predicted octanol–water partition coefficient (Wildman–Crippen LogP) is 4.96. The molecule has 0 radical (unpaired) electrons. The lowest BCUT2D eigenvalue weighted by Gasteiger charge is -2.38. The highest BCUT2D eigenvalue weighted by Crippen LogP contribution is 2.36. The summed E-state index contributed by atoms with van der Waals surface area (Å²) in [5.74, 6) is 0.271. The van der Waals surface area contributed by atoms with Crippen LogP contribution >= 0.6 is 0 Å². The smallest absolute Gasteiger partial charge is 0.341 e. The molecule has 1 aromatic carbocycles. The summed E-state index contributed by atoms with van der Waals surface area (Å²) in [5.41, 5.74) is 0.0295. The lowest BCUT2D eigenvalue weighted by atomic mass is 9.78. The van der Waals surface area contributed by atoms with Gasteiger partial charge in [0.15, 0.2) is 0 Å². The molecule has 1 saturated carbocycles. The van der Waals surface area contributed by atoms with Gasteiger partial charge in [0, 0.05) is 12.3 Å². The summed E-state index contributed by atoms with van der Waals surface area (Å²) in [6.07, 6.45) is 4.26. The average Bonchev–Trinajstić information content (AvgIpc) is 2.69. The van der Waals surface area contributed by atoms with Crippen LogP contribution < -0.4 is 10.1 Å². The number of anilines is 1. The van der Waals surface area contributed by atoms with E-state index in [1.165, 1.54) is 0 Å². The highest BCUT2D eigenvalue weighted by molar-refractivity contribution is 5.99. The van der Waals surface area contributed by atoms with Crippen molar-refractivity contribution in [1.82, 2.24) is 0 Å². The fourth-order valence-corrected chi connectivity index (χ4v) is 3.81. The lowest BCUT2D eigenvalue weighted by molar-refractivity contribution is -0.147. The summed E-state index contributed by atoms with van der Waals surface area (Å²) in [6, 6.07) is 5.09. The van der Waals surface area contributed by atoms with Crippen molar-refractivity contribution >= 4 is 17.6 Å². The topological polar surface area (TPSA) is 73.9 Å². The van der Waals surface area contributed by atoms with Gasteiger partial charge in [-0.05, 0) is 70.6 Å². The zero-order chi connectivity index (χ0) is 21.4. The summed E-state index contributed by atoms with van der Waals surface area (Å²) in [4.78, 5) is 25.6. The average molecular weight is 406 g/mol. The van der Waals surface area contributed by atoms with Crippen molar-refractivity contribution in [2.24, 2.45) is 5.92 Å². The lowest BCUT2D eigenvalue weighted by Crippen LogP contribution is -2.48. The maximum Gasteiger partial charge on any atom is 0.341 e. The molecule has 6 heteroatoms. The fraction of sp³-hybridized carbons (Fsp3) is 0.652. The Balaban J connectivity index is 2.27. The van der Waals surface area contributed by atoms with E-state index in [2.05, 4.69) is 12.2 Å². The minimum Gasteiger partial charge on any atom is -0.490 e. The SMILES string of the molecule is CCOC(=O)c1cc(NC(=O)[C@]2(OCC)CCC[C@H](C)C2)ccc1O[C@H](C)CC. The van der Waals surface area contributed by atoms with E-state index in [1.54, 1.807) is 25.1 Å². The third-order valence-electron chi connectivity index (χ3n) is 5.43. The summed E-state index contributed by atoms with van der Waals surface area (Å²) >= 11 is 0. The third-order valence-corrected chi connectivity index (χ3v) is 5.43. The van der Waals surface area contributed by atoms with Crippen LogP contribution in [0.1, 0.15) is 77.1 Å². The second kappa shape index (κ2) is 10.6. The molecule has 1 aliphatic carbocycles. The second-order valence-corrected chi connectivity index (χ2v) is 7.85. The van der Waals surface area contributed by atoms with Gasteiger partial charge in [0.2, 0.25) is 0 Å². The van der Waals surface area contributed by atoms with Gasteiger partial charge >= 0.3 is 5.97 Å². The quantitative estimate of drug-likeness (QED) is 0.588. The highest BCUT2D eigenvalue weighted by Gasteiger charge is 2.42. The first kappa shape index (κ1) is 23.2. The fourth-order valence-electron chi connectivity index (χ4n) is 3.81. The number of rotatable bonds is 9. The largest absolute Gasteiger partial charge is 0.490 e. The van der Waals surface area contributed by atoms with Crippen molar-refractivity contribution < 1.29 is 23.8 Å². The van der Waals surface area contributed by atoms with E-state index in [-0.39, 0.29) is 18.6 Å². The number of hydrogen-bond donors (Lipinski definition) is 1. The molecule has 6 nitrogen and oxygen atoms in total. The molecule has 0 aliphatic heterocycles. The molecule has 162 valence electrons. The summed E-state index contributed by atoms with van der Waals surface area (Å²) in [6.45, 7) is 10.5. The molecule has 1 fully saturated rings. The van der Waals surface area contributed by atoms with Gasteiger partial charge in [0.1, 0.15) is 16.9 Å². The molecule has 0 spiro atoms. The van der Waals surface area contributed by atoms with E-state index in [4.69, 9.17) is 14.2 Å². The van der Waals surface area contributed by atoms with E-state index in [0.717, 1.165) is 19.3 Å². The van der Waals surface area contributed by atoms with Crippen LogP contribution in [0.2, 0.25) is 0 Å². The standard InChI is InChI=1S/C23H35NO5/c1-6-17(5)29-20-12-11-18(14-19(20)21(25)27-7-2)24-22(26)23(28-8-3)13-9-10-16(4)15-23/h11-12,14,16-17H,6-10,13,15H2,1-5H3,(H,24,26)/t16-,17+,23-/m0/s1. The maximum absolute atomic E-state index is 13.2. The molecule has 29 heavy (non-hydrogen) atoms. The number of amides is 1. The van der Waals surface area contributed by atoms with Crippen molar-refractivity contribution in [3.05, 3.63) is 23.8 Å². The van der Waals surface area contributed by atoms with Crippen molar-refractivity contribution in [3.63, 3.8) is 0 Å². The third kappa shape index (κ3) is 5.95. The van der Waals surface area contributed by atoms with Gasteiger partial charge in [-0.3, -0.25) is 4.79 Å². The minimum atomic E-state index is -0.817. The van der Waals surface area contributed by atoms with Crippen molar-refractivity contribution in [3.8, 4) is 5.75 Å². The number of esters is 1. The molecule has 0 saturated heterocycles. The van der Waals surface area contributed by atoms with Crippen LogP contribution in [-0.2, 0) is 14.3 Å². The molecule has 0 bridgehead atoms. The first-order chi connectivity index (χ1) is 13.8. The maximum atomic E-state index is 13.2. The van der Waals surface area contributed by atoms with E-state index in [0.29, 0.717) is 42.4 Å². The zero-order valence-corrected chi connectivity index (χ0v) is 18.4. The molecule has 0 heterocycles. The molecular weight excluding hydrogens is 370 g/mol. The van der Waals surface area contributed by atoms with Crippen LogP contribution in [0.25, 0.3) is 0 Å². The number of carbonyl (C=O) groups excluding carboxylic acids is 2. The molecule has 0 unspecified atom stereocenters. The highest BCUT2D eigenvalue weighted by atomic mass is 16.5. The van der Waals surface area contributed by atoms with Crippen LogP contribution in [0.3, 0.4) is 0 Å². The number of hydrogen-bond acceptors (Lipinski definition) is 5. The van der Waals surface area contributed by atoms with Crippen molar-refractivity contribution in [1.29, 1.82) is 0 Å². The Morgan fingerprint density at radius 1 is 1.24 bits per heavy atom.